The molecule has 29 heavy (non-hydrogen) atoms. The summed E-state index contributed by atoms with van der Waals surface area (Å²) in [4.78, 5) is 18.2. The minimum Gasteiger partial charge on any atom is -0.361 e. The molecule has 0 aliphatic carbocycles. The van der Waals surface area contributed by atoms with Gasteiger partial charge in [0.15, 0.2) is 5.69 Å². The van der Waals surface area contributed by atoms with Gasteiger partial charge in [-0.1, -0.05) is 41.9 Å². The van der Waals surface area contributed by atoms with E-state index in [2.05, 4.69) is 34.5 Å². The number of aromatic amines is 1. The van der Waals surface area contributed by atoms with E-state index < -0.39 is 0 Å². The Bertz CT molecular complexity index is 1170. The normalized spacial score (nSPS) is 15.1. The van der Waals surface area contributed by atoms with Crippen LogP contribution in [0.3, 0.4) is 0 Å². The quantitative estimate of drug-likeness (QED) is 0.520. The van der Waals surface area contributed by atoms with E-state index in [-0.39, 0.29) is 5.91 Å². The minimum absolute atomic E-state index is 0.0202. The Hall–Kier alpha value is -3.05. The van der Waals surface area contributed by atoms with Crippen LogP contribution in [0.2, 0.25) is 5.02 Å². The van der Waals surface area contributed by atoms with Crippen LogP contribution in [0.25, 0.3) is 16.6 Å². The molecule has 0 spiro atoms. The average molecular weight is 405 g/mol. The highest BCUT2D eigenvalue weighted by Gasteiger charge is 2.27. The van der Waals surface area contributed by atoms with Crippen molar-refractivity contribution in [2.45, 2.75) is 18.8 Å². The highest BCUT2D eigenvalue weighted by Crippen LogP contribution is 2.33. The lowest BCUT2D eigenvalue weighted by molar-refractivity contribution is 0.0707. The van der Waals surface area contributed by atoms with Gasteiger partial charge < -0.3 is 9.88 Å². The number of fused-ring (bicyclic) bond motifs is 1. The lowest BCUT2D eigenvalue weighted by Crippen LogP contribution is -2.38. The molecule has 1 saturated heterocycles. The largest absolute Gasteiger partial charge is 0.361 e. The highest BCUT2D eigenvalue weighted by molar-refractivity contribution is 6.32. The number of nitrogens with one attached hydrogen (secondary N) is 1. The van der Waals surface area contributed by atoms with Gasteiger partial charge >= 0.3 is 0 Å². The molecule has 0 bridgehead atoms. The van der Waals surface area contributed by atoms with Crippen molar-refractivity contribution in [2.24, 2.45) is 0 Å². The number of carbonyl (C=O) groups is 1. The Balaban J connectivity index is 1.29. The predicted octanol–water partition coefficient (Wildman–Crippen LogP) is 5.03. The van der Waals surface area contributed by atoms with Crippen molar-refractivity contribution in [2.75, 3.05) is 13.1 Å². The maximum atomic E-state index is 12.9. The summed E-state index contributed by atoms with van der Waals surface area (Å²) in [5.41, 5.74) is 3.75. The Morgan fingerprint density at radius 1 is 1.03 bits per heavy atom. The molecule has 1 amide bonds. The fraction of sp³-hybridized carbons (Fsp3) is 0.217. The van der Waals surface area contributed by atoms with Crippen LogP contribution < -0.4 is 0 Å². The predicted molar refractivity (Wildman–Crippen MR) is 115 cm³/mol. The summed E-state index contributed by atoms with van der Waals surface area (Å²) in [7, 11) is 0. The summed E-state index contributed by atoms with van der Waals surface area (Å²) in [6.07, 6.45) is 5.82. The molecule has 3 heterocycles. The smallest absolute Gasteiger partial charge is 0.274 e. The van der Waals surface area contributed by atoms with E-state index in [4.69, 9.17) is 11.6 Å². The molecular weight excluding hydrogens is 384 g/mol. The van der Waals surface area contributed by atoms with E-state index in [0.29, 0.717) is 16.6 Å². The third-order valence-electron chi connectivity index (χ3n) is 5.75. The first-order valence-electron chi connectivity index (χ1n) is 9.86. The monoisotopic (exact) mass is 404 g/mol. The molecule has 4 aromatic rings. The van der Waals surface area contributed by atoms with Gasteiger partial charge in [0, 0.05) is 36.4 Å². The highest BCUT2D eigenvalue weighted by atomic mass is 35.5. The second-order valence-corrected chi connectivity index (χ2v) is 7.86. The van der Waals surface area contributed by atoms with Gasteiger partial charge in [0.1, 0.15) is 0 Å². The third kappa shape index (κ3) is 3.32. The van der Waals surface area contributed by atoms with Crippen LogP contribution in [0.1, 0.15) is 34.8 Å². The van der Waals surface area contributed by atoms with Crippen molar-refractivity contribution < 1.29 is 4.79 Å². The summed E-state index contributed by atoms with van der Waals surface area (Å²) in [6.45, 7) is 1.48. The molecular formula is C23H21ClN4O. The number of likely N-dealkylation sites (tertiary alicyclic amines) is 1. The molecule has 0 unspecified atom stereocenters. The molecule has 1 fully saturated rings. The molecule has 1 N–H and O–H groups in total. The van der Waals surface area contributed by atoms with Gasteiger partial charge in [-0.05, 0) is 48.6 Å². The second-order valence-electron chi connectivity index (χ2n) is 7.45. The maximum Gasteiger partial charge on any atom is 0.274 e. The van der Waals surface area contributed by atoms with Crippen molar-refractivity contribution in [1.29, 1.82) is 0 Å². The van der Waals surface area contributed by atoms with E-state index in [0.717, 1.165) is 31.6 Å². The summed E-state index contributed by atoms with van der Waals surface area (Å²) in [5.74, 6) is 0.448. The van der Waals surface area contributed by atoms with Crippen molar-refractivity contribution in [3.63, 3.8) is 0 Å². The summed E-state index contributed by atoms with van der Waals surface area (Å²) in [6, 6.07) is 17.6. The van der Waals surface area contributed by atoms with Crippen LogP contribution in [0.15, 0.2) is 67.0 Å². The first kappa shape index (κ1) is 18.0. The van der Waals surface area contributed by atoms with Gasteiger partial charge in [-0.25, -0.2) is 4.68 Å². The van der Waals surface area contributed by atoms with Gasteiger partial charge in [-0.3, -0.25) is 4.79 Å². The zero-order chi connectivity index (χ0) is 19.8. The van der Waals surface area contributed by atoms with E-state index >= 15 is 0 Å². The molecule has 146 valence electrons. The second kappa shape index (κ2) is 7.41. The SMILES string of the molecule is O=C(c1ccn(-c2ccccc2Cl)n1)N1CCC(c2c[nH]c3ccccc23)CC1. The molecule has 2 aromatic heterocycles. The molecule has 0 radical (unpaired) electrons. The fourth-order valence-corrected chi connectivity index (χ4v) is 4.42. The topological polar surface area (TPSA) is 53.9 Å². The Kier molecular flexibility index (Phi) is 4.60. The van der Waals surface area contributed by atoms with Crippen molar-refractivity contribution >= 4 is 28.4 Å². The number of hydrogen-bond donors (Lipinski definition) is 1. The minimum atomic E-state index is -0.0202. The van der Waals surface area contributed by atoms with E-state index in [1.165, 1.54) is 16.5 Å². The van der Waals surface area contributed by atoms with E-state index in [9.17, 15) is 4.79 Å². The average Bonchev–Trinajstić information content (AvgIpc) is 3.41. The molecule has 1 aliphatic heterocycles. The van der Waals surface area contributed by atoms with E-state index in [1.807, 2.05) is 35.2 Å². The molecule has 5 rings (SSSR count). The van der Waals surface area contributed by atoms with Crippen LogP contribution in [0.4, 0.5) is 0 Å². The maximum absolute atomic E-state index is 12.9. The van der Waals surface area contributed by atoms with Gasteiger partial charge in [0.05, 0.1) is 10.7 Å². The summed E-state index contributed by atoms with van der Waals surface area (Å²) >= 11 is 6.24. The van der Waals surface area contributed by atoms with E-state index in [1.54, 1.807) is 16.9 Å². The number of hydrogen-bond acceptors (Lipinski definition) is 2. The zero-order valence-electron chi connectivity index (χ0n) is 15.9. The Labute approximate surface area is 173 Å². The number of halogens is 1. The zero-order valence-corrected chi connectivity index (χ0v) is 16.6. The third-order valence-corrected chi connectivity index (χ3v) is 6.07. The Morgan fingerprint density at radius 2 is 1.79 bits per heavy atom. The number of H-pyrrole nitrogens is 1. The lowest BCUT2D eigenvalue weighted by atomic mass is 9.89. The number of carbonyl (C=O) groups excluding carboxylic acids is 1. The van der Waals surface area contributed by atoms with Crippen LogP contribution >= 0.6 is 11.6 Å². The first-order valence-corrected chi connectivity index (χ1v) is 10.2. The number of amides is 1. The van der Waals surface area contributed by atoms with Crippen LogP contribution in [0.5, 0.6) is 0 Å². The van der Waals surface area contributed by atoms with Crippen molar-refractivity contribution in [3.05, 3.63) is 83.3 Å². The number of aromatic nitrogens is 3. The number of benzene rings is 2. The molecule has 6 heteroatoms. The van der Waals surface area contributed by atoms with Crippen LogP contribution in [-0.2, 0) is 0 Å². The standard InChI is InChI=1S/C23H21ClN4O/c24-19-6-2-4-8-22(19)28-14-11-21(26-28)23(29)27-12-9-16(10-13-27)18-15-25-20-7-3-1-5-17(18)20/h1-8,11,14-16,25H,9-10,12-13H2. The van der Waals surface area contributed by atoms with Crippen LogP contribution in [0, 0.1) is 0 Å². The van der Waals surface area contributed by atoms with Gasteiger partial charge in [0.2, 0.25) is 0 Å². The fourth-order valence-electron chi connectivity index (χ4n) is 4.20. The molecule has 1 aliphatic rings. The summed E-state index contributed by atoms with van der Waals surface area (Å²) in [5, 5.41) is 6.36. The van der Waals surface area contributed by atoms with Gasteiger partial charge in [-0.2, -0.15) is 5.10 Å². The van der Waals surface area contributed by atoms with Crippen LogP contribution in [-0.4, -0.2) is 38.7 Å². The number of nitrogens with zero attached hydrogens (tertiary/aromatic N) is 3. The lowest BCUT2D eigenvalue weighted by Gasteiger charge is -2.31. The van der Waals surface area contributed by atoms with Crippen molar-refractivity contribution in [3.8, 4) is 5.69 Å². The van der Waals surface area contributed by atoms with Crippen molar-refractivity contribution in [1.82, 2.24) is 19.7 Å². The number of rotatable bonds is 3. The molecule has 0 atom stereocenters. The summed E-state index contributed by atoms with van der Waals surface area (Å²) < 4.78 is 1.66. The molecule has 0 saturated carbocycles. The Morgan fingerprint density at radius 3 is 2.62 bits per heavy atom. The van der Waals surface area contributed by atoms with Gasteiger partial charge in [-0.15, -0.1) is 0 Å². The molecule has 5 nitrogen and oxygen atoms in total. The first-order chi connectivity index (χ1) is 14.2. The molecule has 2 aromatic carbocycles. The number of para-hydroxylation sites is 2. The number of piperidine rings is 1. The van der Waals surface area contributed by atoms with Gasteiger partial charge in [0.25, 0.3) is 5.91 Å².